The fourth-order valence-corrected chi connectivity index (χ4v) is 4.27. The van der Waals surface area contributed by atoms with E-state index in [9.17, 15) is 4.79 Å². The molecule has 0 aliphatic rings. The molecule has 0 spiro atoms. The first-order valence-electron chi connectivity index (χ1n) is 14.8. The summed E-state index contributed by atoms with van der Waals surface area (Å²) in [5.41, 5.74) is 1.04. The number of unbranched alkanes of at least 4 members (excludes halogenated alkanes) is 18. The molecule has 0 aromatic rings. The van der Waals surface area contributed by atoms with Crippen molar-refractivity contribution in [1.29, 1.82) is 0 Å². The highest BCUT2D eigenvalue weighted by molar-refractivity contribution is 5.72. The summed E-state index contributed by atoms with van der Waals surface area (Å²) in [4.78, 5) is 11.3. The van der Waals surface area contributed by atoms with E-state index < -0.39 is 0 Å². The van der Waals surface area contributed by atoms with Gasteiger partial charge in [0, 0.05) is 0 Å². The van der Waals surface area contributed by atoms with Crippen molar-refractivity contribution < 1.29 is 4.79 Å². The van der Waals surface area contributed by atoms with Gasteiger partial charge in [0.1, 0.15) is 6.29 Å². The zero-order valence-corrected chi connectivity index (χ0v) is 22.6. The van der Waals surface area contributed by atoms with Crippen LogP contribution in [0.25, 0.3) is 0 Å². The van der Waals surface area contributed by atoms with Crippen LogP contribution in [0.3, 0.4) is 0 Å². The summed E-state index contributed by atoms with van der Waals surface area (Å²) in [5, 5.41) is 0. The average Bonchev–Trinajstić information content (AvgIpc) is 2.83. The summed E-state index contributed by atoms with van der Waals surface area (Å²) < 4.78 is 0. The largest absolute Gasteiger partial charge is 0.298 e. The van der Waals surface area contributed by atoms with Crippen molar-refractivity contribution in [3.63, 3.8) is 0 Å². The monoisotopic (exact) mass is 458 g/mol. The van der Waals surface area contributed by atoms with Crippen LogP contribution in [0.15, 0.2) is 36.0 Å². The Morgan fingerprint density at radius 3 is 1.45 bits per heavy atom. The maximum Gasteiger partial charge on any atom is 0.145 e. The third-order valence-corrected chi connectivity index (χ3v) is 6.53. The second-order valence-electron chi connectivity index (χ2n) is 9.85. The zero-order chi connectivity index (χ0) is 24.1. The highest BCUT2D eigenvalue weighted by Gasteiger charge is 1.98. The molecule has 0 amide bonds. The molecule has 0 aliphatic carbocycles. The van der Waals surface area contributed by atoms with Crippen LogP contribution in [0.1, 0.15) is 162 Å². The molecule has 0 aromatic heterocycles. The third-order valence-electron chi connectivity index (χ3n) is 6.53. The van der Waals surface area contributed by atoms with Crippen LogP contribution in [-0.2, 0) is 4.79 Å². The van der Waals surface area contributed by atoms with Gasteiger partial charge in [-0.15, -0.1) is 0 Å². The molecular weight excluding hydrogens is 400 g/mol. The van der Waals surface area contributed by atoms with E-state index in [4.69, 9.17) is 0 Å². The average molecular weight is 459 g/mol. The van der Waals surface area contributed by atoms with Crippen LogP contribution in [-0.4, -0.2) is 6.29 Å². The number of carbonyl (C=O) groups excluding carboxylic acids is 1. The van der Waals surface area contributed by atoms with E-state index in [1.165, 1.54) is 128 Å². The Hall–Kier alpha value is -1.11. The second kappa shape index (κ2) is 28.9. The molecule has 0 heterocycles. The minimum Gasteiger partial charge on any atom is -0.298 e. The van der Waals surface area contributed by atoms with E-state index in [0.29, 0.717) is 0 Å². The lowest BCUT2D eigenvalue weighted by atomic mass is 10.0. The maximum absolute atomic E-state index is 11.3. The Bertz CT molecular complexity index is 471. The van der Waals surface area contributed by atoms with E-state index in [2.05, 4.69) is 44.2 Å². The molecule has 0 rings (SSSR count). The minimum atomic E-state index is 0.984. The second-order valence-corrected chi connectivity index (χ2v) is 9.85. The fraction of sp³-hybridized carbons (Fsp3) is 0.781. The first kappa shape index (κ1) is 31.9. The standard InChI is InChI=1S/C32H58O/c1-3-5-7-9-11-13-15-16-17-18-20-22-24-26-28-30-32(31-33)29-27-25-23-21-19-14-12-10-8-6-4-2/h11,13,16-17,30-31H,3-10,12,14-15,18-29H2,1-2H3. The van der Waals surface area contributed by atoms with Gasteiger partial charge in [0.05, 0.1) is 0 Å². The normalized spacial score (nSPS) is 12.4. The van der Waals surface area contributed by atoms with Gasteiger partial charge in [-0.3, -0.25) is 4.79 Å². The molecule has 0 saturated heterocycles. The predicted octanol–water partition coefficient (Wildman–Crippen LogP) is 11.2. The van der Waals surface area contributed by atoms with Crippen molar-refractivity contribution >= 4 is 6.29 Å². The summed E-state index contributed by atoms with van der Waals surface area (Å²) in [7, 11) is 0. The van der Waals surface area contributed by atoms with Gasteiger partial charge in [-0.25, -0.2) is 0 Å². The van der Waals surface area contributed by atoms with Crippen molar-refractivity contribution in [3.05, 3.63) is 36.0 Å². The van der Waals surface area contributed by atoms with Crippen LogP contribution < -0.4 is 0 Å². The number of hydrogen-bond donors (Lipinski definition) is 0. The molecule has 0 atom stereocenters. The van der Waals surface area contributed by atoms with Crippen molar-refractivity contribution in [2.45, 2.75) is 162 Å². The van der Waals surface area contributed by atoms with E-state index >= 15 is 0 Å². The van der Waals surface area contributed by atoms with Gasteiger partial charge in [-0.05, 0) is 63.4 Å². The molecular formula is C32H58O. The number of rotatable bonds is 26. The quantitative estimate of drug-likeness (QED) is 0.0545. The predicted molar refractivity (Wildman–Crippen MR) is 150 cm³/mol. The third kappa shape index (κ3) is 27.0. The number of allylic oxidation sites excluding steroid dienone is 6. The maximum atomic E-state index is 11.3. The number of carbonyl (C=O) groups is 1. The van der Waals surface area contributed by atoms with E-state index in [1.807, 2.05) is 0 Å². The van der Waals surface area contributed by atoms with Crippen LogP contribution >= 0.6 is 0 Å². The first-order chi connectivity index (χ1) is 16.3. The molecule has 1 heteroatoms. The summed E-state index contributed by atoms with van der Waals surface area (Å²) in [6.45, 7) is 4.54. The Labute approximate surface area is 208 Å². The Morgan fingerprint density at radius 2 is 0.909 bits per heavy atom. The van der Waals surface area contributed by atoms with Crippen LogP contribution in [0.4, 0.5) is 0 Å². The summed E-state index contributed by atoms with van der Waals surface area (Å²) in [6, 6.07) is 0. The molecule has 0 N–H and O–H groups in total. The first-order valence-corrected chi connectivity index (χ1v) is 14.8. The van der Waals surface area contributed by atoms with Gasteiger partial charge >= 0.3 is 0 Å². The Balaban J connectivity index is 3.47. The summed E-state index contributed by atoms with van der Waals surface area (Å²) in [5.74, 6) is 0. The molecule has 192 valence electrons. The van der Waals surface area contributed by atoms with Gasteiger partial charge in [-0.1, -0.05) is 134 Å². The molecule has 0 unspecified atom stereocenters. The van der Waals surface area contributed by atoms with E-state index in [0.717, 1.165) is 31.1 Å². The molecule has 0 radical (unpaired) electrons. The van der Waals surface area contributed by atoms with Gasteiger partial charge in [0.2, 0.25) is 0 Å². The Kier molecular flexibility index (Phi) is 27.9. The highest BCUT2D eigenvalue weighted by Crippen LogP contribution is 2.15. The molecule has 0 aliphatic heterocycles. The summed E-state index contributed by atoms with van der Waals surface area (Å²) in [6.07, 6.45) is 42.3. The molecule has 0 bridgehead atoms. The lowest BCUT2D eigenvalue weighted by Crippen LogP contribution is -1.88. The molecule has 0 saturated carbocycles. The van der Waals surface area contributed by atoms with Gasteiger partial charge in [0.15, 0.2) is 0 Å². The molecule has 1 nitrogen and oxygen atoms in total. The molecule has 33 heavy (non-hydrogen) atoms. The van der Waals surface area contributed by atoms with Crippen LogP contribution in [0, 0.1) is 0 Å². The fourth-order valence-electron chi connectivity index (χ4n) is 4.27. The Morgan fingerprint density at radius 1 is 0.485 bits per heavy atom. The zero-order valence-electron chi connectivity index (χ0n) is 22.6. The summed E-state index contributed by atoms with van der Waals surface area (Å²) >= 11 is 0. The highest BCUT2D eigenvalue weighted by atomic mass is 16.1. The van der Waals surface area contributed by atoms with Crippen LogP contribution in [0.2, 0.25) is 0 Å². The van der Waals surface area contributed by atoms with Gasteiger partial charge in [-0.2, -0.15) is 0 Å². The molecule has 0 aromatic carbocycles. The van der Waals surface area contributed by atoms with Gasteiger partial charge < -0.3 is 0 Å². The lowest BCUT2D eigenvalue weighted by Gasteiger charge is -2.03. The van der Waals surface area contributed by atoms with Crippen molar-refractivity contribution in [2.75, 3.05) is 0 Å². The van der Waals surface area contributed by atoms with Crippen molar-refractivity contribution in [3.8, 4) is 0 Å². The molecule has 0 fully saturated rings. The van der Waals surface area contributed by atoms with E-state index in [-0.39, 0.29) is 0 Å². The van der Waals surface area contributed by atoms with E-state index in [1.54, 1.807) is 0 Å². The number of hydrogen-bond acceptors (Lipinski definition) is 1. The minimum absolute atomic E-state index is 0.984. The van der Waals surface area contributed by atoms with Crippen molar-refractivity contribution in [1.82, 2.24) is 0 Å². The van der Waals surface area contributed by atoms with Crippen molar-refractivity contribution in [2.24, 2.45) is 0 Å². The SMILES string of the molecule is CCCCCC=CCC=CCCCCCCC=C(C=O)CCCCCCCCCCCCC. The topological polar surface area (TPSA) is 17.1 Å². The number of aldehydes is 1. The van der Waals surface area contributed by atoms with Crippen LogP contribution in [0.5, 0.6) is 0 Å². The smallest absolute Gasteiger partial charge is 0.145 e. The van der Waals surface area contributed by atoms with Gasteiger partial charge in [0.25, 0.3) is 0 Å². The lowest BCUT2D eigenvalue weighted by molar-refractivity contribution is -0.105.